The number of hydrogen-bond donors (Lipinski definition) is 2. The van der Waals surface area contributed by atoms with E-state index in [-0.39, 0.29) is 16.4 Å². The summed E-state index contributed by atoms with van der Waals surface area (Å²) < 4.78 is 50.3. The maximum Gasteiger partial charge on any atom is 0.405 e. The Hall–Kier alpha value is -2.62. The van der Waals surface area contributed by atoms with E-state index in [2.05, 4.69) is 10.4 Å². The number of benzene rings is 1. The first-order valence-electron chi connectivity index (χ1n) is 7.21. The highest BCUT2D eigenvalue weighted by atomic mass is 35.5. The third-order valence-electron chi connectivity index (χ3n) is 3.20. The first-order chi connectivity index (χ1) is 12.1. The van der Waals surface area contributed by atoms with Crippen LogP contribution >= 0.6 is 11.6 Å². The number of hydrogen-bond acceptors (Lipinski definition) is 3. The minimum absolute atomic E-state index is 0.0420. The van der Waals surface area contributed by atoms with Gasteiger partial charge in [0, 0.05) is 0 Å². The summed E-state index contributed by atoms with van der Waals surface area (Å²) in [5, 5.41) is 7.80. The molecule has 11 heteroatoms. The van der Waals surface area contributed by atoms with E-state index >= 15 is 0 Å². The number of amides is 2. The lowest BCUT2D eigenvalue weighted by molar-refractivity contribution is -0.137. The van der Waals surface area contributed by atoms with E-state index < -0.39 is 36.9 Å². The topological polar surface area (TPSA) is 76.0 Å². The van der Waals surface area contributed by atoms with Gasteiger partial charge in [0.05, 0.1) is 23.5 Å². The van der Waals surface area contributed by atoms with Gasteiger partial charge in [-0.15, -0.1) is 0 Å². The van der Waals surface area contributed by atoms with Crippen molar-refractivity contribution in [2.75, 3.05) is 13.1 Å². The number of aryl methyl sites for hydroxylation is 1. The normalized spacial score (nSPS) is 11.3. The van der Waals surface area contributed by atoms with Crippen molar-refractivity contribution in [1.82, 2.24) is 20.4 Å². The van der Waals surface area contributed by atoms with Gasteiger partial charge in [-0.25, -0.2) is 9.07 Å². The highest BCUT2D eigenvalue weighted by molar-refractivity contribution is 6.33. The zero-order valence-corrected chi connectivity index (χ0v) is 14.1. The summed E-state index contributed by atoms with van der Waals surface area (Å²) in [5.41, 5.74) is 0.591. The van der Waals surface area contributed by atoms with Crippen LogP contribution in [-0.2, 0) is 4.79 Å². The summed E-state index contributed by atoms with van der Waals surface area (Å²) in [6.45, 7) is -0.666. The van der Waals surface area contributed by atoms with Gasteiger partial charge in [-0.2, -0.15) is 18.3 Å². The molecule has 0 saturated carbocycles. The van der Waals surface area contributed by atoms with E-state index in [9.17, 15) is 27.2 Å². The van der Waals surface area contributed by atoms with Gasteiger partial charge in [-0.05, 0) is 31.2 Å². The van der Waals surface area contributed by atoms with E-state index in [4.69, 9.17) is 11.6 Å². The van der Waals surface area contributed by atoms with Crippen LogP contribution < -0.4 is 10.6 Å². The molecule has 2 amide bonds. The molecule has 0 aliphatic carbocycles. The van der Waals surface area contributed by atoms with Crippen LogP contribution in [0.25, 0.3) is 5.69 Å². The molecule has 0 bridgehead atoms. The van der Waals surface area contributed by atoms with Crippen molar-refractivity contribution < 1.29 is 27.2 Å². The molecule has 1 heterocycles. The summed E-state index contributed by atoms with van der Waals surface area (Å²) in [4.78, 5) is 23.5. The molecular weight excluding hydrogens is 380 g/mol. The van der Waals surface area contributed by atoms with Crippen molar-refractivity contribution in [2.45, 2.75) is 13.1 Å². The number of nitrogens with one attached hydrogen (secondary N) is 2. The monoisotopic (exact) mass is 392 g/mol. The number of nitrogens with zero attached hydrogens (tertiary/aromatic N) is 2. The molecule has 6 nitrogen and oxygen atoms in total. The van der Waals surface area contributed by atoms with Crippen molar-refractivity contribution in [1.29, 1.82) is 0 Å². The van der Waals surface area contributed by atoms with E-state index in [1.807, 2.05) is 0 Å². The summed E-state index contributed by atoms with van der Waals surface area (Å²) in [6.07, 6.45) is -4.55. The Balaban J connectivity index is 2.08. The van der Waals surface area contributed by atoms with Crippen LogP contribution in [0.5, 0.6) is 0 Å². The zero-order valence-electron chi connectivity index (χ0n) is 13.3. The minimum atomic E-state index is -4.55. The molecule has 2 rings (SSSR count). The number of aromatic nitrogens is 2. The van der Waals surface area contributed by atoms with E-state index in [1.54, 1.807) is 5.32 Å². The Labute approximate surface area is 150 Å². The molecule has 2 N–H and O–H groups in total. The number of carbonyl (C=O) groups excluding carboxylic acids is 2. The fraction of sp³-hybridized carbons (Fsp3) is 0.267. The number of carbonyl (C=O) groups is 2. The Kier molecular flexibility index (Phi) is 5.86. The summed E-state index contributed by atoms with van der Waals surface area (Å²) in [5.74, 6) is -2.24. The second kappa shape index (κ2) is 7.73. The second-order valence-corrected chi connectivity index (χ2v) is 5.57. The first kappa shape index (κ1) is 19.7. The SMILES string of the molecule is Cc1nn(-c2ccc(F)cc2)c(Cl)c1C(=O)NCC(=O)NCC(F)(F)F. The van der Waals surface area contributed by atoms with Gasteiger partial charge in [0.15, 0.2) is 0 Å². The fourth-order valence-corrected chi connectivity index (χ4v) is 2.38. The third-order valence-corrected chi connectivity index (χ3v) is 3.55. The van der Waals surface area contributed by atoms with Crippen molar-refractivity contribution in [3.8, 4) is 5.69 Å². The Morgan fingerprint density at radius 3 is 2.38 bits per heavy atom. The molecule has 0 aliphatic heterocycles. The number of rotatable bonds is 5. The molecule has 0 spiro atoms. The average molecular weight is 393 g/mol. The molecule has 1 aromatic heterocycles. The third kappa shape index (κ3) is 4.94. The number of halogens is 5. The predicted octanol–water partition coefficient (Wildman–Crippen LogP) is 2.38. The highest BCUT2D eigenvalue weighted by Crippen LogP contribution is 2.23. The molecule has 2 aromatic rings. The first-order valence-corrected chi connectivity index (χ1v) is 7.59. The van der Waals surface area contributed by atoms with Gasteiger partial charge in [0.2, 0.25) is 5.91 Å². The van der Waals surface area contributed by atoms with Crippen LogP contribution in [0, 0.1) is 12.7 Å². The lowest BCUT2D eigenvalue weighted by atomic mass is 10.2. The molecule has 0 radical (unpaired) electrons. The van der Waals surface area contributed by atoms with Gasteiger partial charge < -0.3 is 10.6 Å². The second-order valence-electron chi connectivity index (χ2n) is 5.21. The molecule has 1 aromatic carbocycles. The van der Waals surface area contributed by atoms with Crippen LogP contribution in [0.15, 0.2) is 24.3 Å². The summed E-state index contributed by atoms with van der Waals surface area (Å²) >= 11 is 6.13. The molecule has 140 valence electrons. The Morgan fingerprint density at radius 1 is 1.19 bits per heavy atom. The highest BCUT2D eigenvalue weighted by Gasteiger charge is 2.28. The van der Waals surface area contributed by atoms with Gasteiger partial charge in [-0.3, -0.25) is 9.59 Å². The van der Waals surface area contributed by atoms with Crippen molar-refractivity contribution in [2.24, 2.45) is 0 Å². The van der Waals surface area contributed by atoms with E-state index in [1.165, 1.54) is 35.9 Å². The quantitative estimate of drug-likeness (QED) is 0.767. The Morgan fingerprint density at radius 2 is 1.81 bits per heavy atom. The standard InChI is InChI=1S/C15H13ClF4N4O2/c1-8-12(14(26)21-6-11(25)22-7-15(18,19)20)13(16)24(23-8)10-4-2-9(17)3-5-10/h2-5H,6-7H2,1H3,(H,21,26)(H,22,25). The van der Waals surface area contributed by atoms with Crippen molar-refractivity contribution in [3.63, 3.8) is 0 Å². The number of alkyl halides is 3. The van der Waals surface area contributed by atoms with Crippen LogP contribution in [-0.4, -0.2) is 40.9 Å². The van der Waals surface area contributed by atoms with E-state index in [0.717, 1.165) is 0 Å². The molecule has 0 aliphatic rings. The van der Waals surface area contributed by atoms with Crippen molar-refractivity contribution >= 4 is 23.4 Å². The Bertz CT molecular complexity index is 818. The lowest BCUT2D eigenvalue weighted by Crippen LogP contribution is -2.41. The molecule has 0 atom stereocenters. The van der Waals surface area contributed by atoms with Crippen LogP contribution in [0.2, 0.25) is 5.15 Å². The van der Waals surface area contributed by atoms with Crippen LogP contribution in [0.3, 0.4) is 0 Å². The smallest absolute Gasteiger partial charge is 0.345 e. The summed E-state index contributed by atoms with van der Waals surface area (Å²) in [7, 11) is 0. The maximum atomic E-state index is 13.0. The van der Waals surface area contributed by atoms with Gasteiger partial charge in [0.1, 0.15) is 17.5 Å². The molecular formula is C15H13ClF4N4O2. The van der Waals surface area contributed by atoms with E-state index in [0.29, 0.717) is 5.69 Å². The van der Waals surface area contributed by atoms with Gasteiger partial charge in [-0.1, -0.05) is 11.6 Å². The molecule has 26 heavy (non-hydrogen) atoms. The molecule has 0 fully saturated rings. The van der Waals surface area contributed by atoms with Gasteiger partial charge >= 0.3 is 6.18 Å². The van der Waals surface area contributed by atoms with Crippen LogP contribution in [0.1, 0.15) is 16.1 Å². The predicted molar refractivity (Wildman–Crippen MR) is 84.7 cm³/mol. The minimum Gasteiger partial charge on any atom is -0.345 e. The van der Waals surface area contributed by atoms with Crippen molar-refractivity contribution in [3.05, 3.63) is 46.5 Å². The average Bonchev–Trinajstić information content (AvgIpc) is 2.85. The van der Waals surface area contributed by atoms with Crippen LogP contribution in [0.4, 0.5) is 17.6 Å². The lowest BCUT2D eigenvalue weighted by Gasteiger charge is -2.09. The zero-order chi connectivity index (χ0) is 19.5. The fourth-order valence-electron chi connectivity index (χ4n) is 2.02. The summed E-state index contributed by atoms with van der Waals surface area (Å²) in [6, 6.07) is 5.18. The molecule has 0 unspecified atom stereocenters. The van der Waals surface area contributed by atoms with Gasteiger partial charge in [0.25, 0.3) is 5.91 Å². The maximum absolute atomic E-state index is 13.0. The largest absolute Gasteiger partial charge is 0.405 e. The molecule has 0 saturated heterocycles.